The number of carbonyl (C=O) groups is 2. The Morgan fingerprint density at radius 2 is 1.69 bits per heavy atom. The van der Waals surface area contributed by atoms with E-state index < -0.39 is 5.91 Å². The summed E-state index contributed by atoms with van der Waals surface area (Å²) in [6.45, 7) is 0. The van der Waals surface area contributed by atoms with E-state index in [-0.39, 0.29) is 17.7 Å². The molecule has 2 aromatic rings. The van der Waals surface area contributed by atoms with E-state index in [4.69, 9.17) is 9.47 Å². The van der Waals surface area contributed by atoms with Gasteiger partial charge >= 0.3 is 0 Å². The van der Waals surface area contributed by atoms with Crippen LogP contribution in [0.5, 0.6) is 11.5 Å². The van der Waals surface area contributed by atoms with Gasteiger partial charge in [0.25, 0.3) is 5.91 Å². The first-order valence-corrected chi connectivity index (χ1v) is 8.90. The molecule has 0 bridgehead atoms. The molecule has 0 saturated heterocycles. The van der Waals surface area contributed by atoms with Crippen LogP contribution < -0.4 is 20.3 Å². The summed E-state index contributed by atoms with van der Waals surface area (Å²) in [7, 11) is 3.02. The SMILES string of the molecule is COc1ccc(C(=O)NNC(=O)C2CC2c2ccc(Br)cc2)cc1OC. The Morgan fingerprint density at radius 3 is 2.35 bits per heavy atom. The van der Waals surface area contributed by atoms with Gasteiger partial charge in [-0.3, -0.25) is 20.4 Å². The molecule has 26 heavy (non-hydrogen) atoms. The molecule has 2 aromatic carbocycles. The van der Waals surface area contributed by atoms with Crippen LogP contribution in [0.25, 0.3) is 0 Å². The molecule has 0 radical (unpaired) electrons. The lowest BCUT2D eigenvalue weighted by Crippen LogP contribution is -2.42. The van der Waals surface area contributed by atoms with Crippen molar-refractivity contribution < 1.29 is 19.1 Å². The van der Waals surface area contributed by atoms with Gasteiger partial charge in [-0.25, -0.2) is 0 Å². The minimum atomic E-state index is -0.417. The van der Waals surface area contributed by atoms with E-state index in [0.29, 0.717) is 17.1 Å². The molecule has 0 spiro atoms. The van der Waals surface area contributed by atoms with E-state index in [9.17, 15) is 9.59 Å². The van der Waals surface area contributed by atoms with Crippen LogP contribution in [0.4, 0.5) is 0 Å². The molecule has 3 rings (SSSR count). The highest BCUT2D eigenvalue weighted by Gasteiger charge is 2.44. The molecule has 7 heteroatoms. The van der Waals surface area contributed by atoms with Gasteiger partial charge in [0.15, 0.2) is 11.5 Å². The van der Waals surface area contributed by atoms with Gasteiger partial charge in [-0.2, -0.15) is 0 Å². The van der Waals surface area contributed by atoms with E-state index in [0.717, 1.165) is 16.5 Å². The minimum Gasteiger partial charge on any atom is -0.493 e. The zero-order valence-electron chi connectivity index (χ0n) is 14.4. The van der Waals surface area contributed by atoms with Gasteiger partial charge < -0.3 is 9.47 Å². The zero-order valence-corrected chi connectivity index (χ0v) is 16.0. The zero-order chi connectivity index (χ0) is 18.7. The molecule has 1 saturated carbocycles. The van der Waals surface area contributed by atoms with Crippen molar-refractivity contribution in [2.75, 3.05) is 14.2 Å². The number of benzene rings is 2. The molecule has 6 nitrogen and oxygen atoms in total. The second-order valence-corrected chi connectivity index (χ2v) is 6.93. The van der Waals surface area contributed by atoms with Gasteiger partial charge in [0.05, 0.1) is 14.2 Å². The van der Waals surface area contributed by atoms with Crippen LogP contribution in [0, 0.1) is 5.92 Å². The Kier molecular flexibility index (Phi) is 5.46. The molecule has 1 aliphatic rings. The number of hydrazine groups is 1. The van der Waals surface area contributed by atoms with Crippen LogP contribution in [0.15, 0.2) is 46.9 Å². The standard InChI is InChI=1S/C19H19BrN2O4/c1-25-16-8-5-12(9-17(16)26-2)18(23)21-22-19(24)15-10-14(15)11-3-6-13(20)7-4-11/h3-9,14-15H,10H2,1-2H3,(H,21,23)(H,22,24). The fourth-order valence-electron chi connectivity index (χ4n) is 2.82. The third kappa shape index (κ3) is 3.99. The maximum atomic E-state index is 12.2. The molecule has 0 aliphatic heterocycles. The molecular formula is C19H19BrN2O4. The average molecular weight is 419 g/mol. The number of hydrogen-bond acceptors (Lipinski definition) is 4. The summed E-state index contributed by atoms with van der Waals surface area (Å²) in [5, 5.41) is 0. The first-order valence-electron chi connectivity index (χ1n) is 8.11. The van der Waals surface area contributed by atoms with E-state index in [1.54, 1.807) is 18.2 Å². The fourth-order valence-corrected chi connectivity index (χ4v) is 3.09. The minimum absolute atomic E-state index is 0.123. The van der Waals surface area contributed by atoms with E-state index >= 15 is 0 Å². The van der Waals surface area contributed by atoms with Crippen molar-refractivity contribution in [3.05, 3.63) is 58.1 Å². The molecular weight excluding hydrogens is 400 g/mol. The first-order chi connectivity index (χ1) is 12.5. The van der Waals surface area contributed by atoms with Crippen molar-refractivity contribution in [3.63, 3.8) is 0 Å². The highest BCUT2D eigenvalue weighted by atomic mass is 79.9. The van der Waals surface area contributed by atoms with Crippen molar-refractivity contribution in [1.29, 1.82) is 0 Å². The van der Waals surface area contributed by atoms with Crippen LogP contribution in [0.1, 0.15) is 28.3 Å². The quantitative estimate of drug-likeness (QED) is 0.731. The summed E-state index contributed by atoms with van der Waals surface area (Å²) in [5.41, 5.74) is 6.44. The van der Waals surface area contributed by atoms with Gasteiger partial charge in [-0.15, -0.1) is 0 Å². The number of halogens is 1. The Labute approximate surface area is 160 Å². The summed E-state index contributed by atoms with van der Waals surface area (Å²) < 4.78 is 11.3. The lowest BCUT2D eigenvalue weighted by atomic mass is 10.1. The van der Waals surface area contributed by atoms with E-state index in [1.165, 1.54) is 14.2 Å². The first kappa shape index (κ1) is 18.3. The summed E-state index contributed by atoms with van der Waals surface area (Å²) in [6, 6.07) is 12.7. The van der Waals surface area contributed by atoms with Gasteiger partial charge in [0, 0.05) is 16.0 Å². The van der Waals surface area contributed by atoms with E-state index in [2.05, 4.69) is 26.8 Å². The summed E-state index contributed by atoms with van der Waals surface area (Å²) in [5.74, 6) is 0.447. The normalized spacial score (nSPS) is 18.0. The summed E-state index contributed by atoms with van der Waals surface area (Å²) in [4.78, 5) is 24.5. The molecule has 1 aliphatic carbocycles. The Hall–Kier alpha value is -2.54. The van der Waals surface area contributed by atoms with Crippen molar-refractivity contribution in [1.82, 2.24) is 10.9 Å². The topological polar surface area (TPSA) is 76.7 Å². The monoisotopic (exact) mass is 418 g/mol. The van der Waals surface area contributed by atoms with E-state index in [1.807, 2.05) is 24.3 Å². The van der Waals surface area contributed by atoms with Crippen LogP contribution >= 0.6 is 15.9 Å². The fraction of sp³-hybridized carbons (Fsp3) is 0.263. The van der Waals surface area contributed by atoms with Crippen molar-refractivity contribution in [2.45, 2.75) is 12.3 Å². The maximum Gasteiger partial charge on any atom is 0.269 e. The molecule has 136 valence electrons. The van der Waals surface area contributed by atoms with Crippen molar-refractivity contribution in [3.8, 4) is 11.5 Å². The van der Waals surface area contributed by atoms with Crippen LogP contribution in [0.2, 0.25) is 0 Å². The molecule has 2 amide bonds. The number of rotatable bonds is 5. The number of amides is 2. The number of hydrogen-bond donors (Lipinski definition) is 2. The Morgan fingerprint density at radius 1 is 1.00 bits per heavy atom. The van der Waals surface area contributed by atoms with Crippen molar-refractivity contribution in [2.24, 2.45) is 5.92 Å². The summed E-state index contributed by atoms with van der Waals surface area (Å²) >= 11 is 3.40. The third-order valence-corrected chi connectivity index (χ3v) is 4.90. The van der Waals surface area contributed by atoms with Gasteiger partial charge in [-0.05, 0) is 48.2 Å². The molecule has 1 fully saturated rings. The third-order valence-electron chi connectivity index (χ3n) is 4.37. The lowest BCUT2D eigenvalue weighted by Gasteiger charge is -2.10. The second-order valence-electron chi connectivity index (χ2n) is 6.01. The van der Waals surface area contributed by atoms with Gasteiger partial charge in [-0.1, -0.05) is 28.1 Å². The predicted octanol–water partition coefficient (Wildman–Crippen LogP) is 3.03. The predicted molar refractivity (Wildman–Crippen MR) is 100 cm³/mol. The Balaban J connectivity index is 1.55. The number of methoxy groups -OCH3 is 2. The van der Waals surface area contributed by atoms with Crippen molar-refractivity contribution >= 4 is 27.7 Å². The molecule has 0 aromatic heterocycles. The maximum absolute atomic E-state index is 12.2. The number of ether oxygens (including phenoxy) is 2. The lowest BCUT2D eigenvalue weighted by molar-refractivity contribution is -0.123. The highest BCUT2D eigenvalue weighted by molar-refractivity contribution is 9.10. The molecule has 2 N–H and O–H groups in total. The highest BCUT2D eigenvalue weighted by Crippen LogP contribution is 2.47. The number of carbonyl (C=O) groups excluding carboxylic acids is 2. The smallest absolute Gasteiger partial charge is 0.269 e. The summed E-state index contributed by atoms with van der Waals surface area (Å²) in [6.07, 6.45) is 0.777. The van der Waals surface area contributed by atoms with Gasteiger partial charge in [0.2, 0.25) is 5.91 Å². The number of nitrogens with one attached hydrogen (secondary N) is 2. The van der Waals surface area contributed by atoms with Crippen LogP contribution in [0.3, 0.4) is 0 Å². The second kappa shape index (κ2) is 7.78. The van der Waals surface area contributed by atoms with Crippen LogP contribution in [-0.2, 0) is 4.79 Å². The molecule has 0 heterocycles. The molecule has 2 atom stereocenters. The van der Waals surface area contributed by atoms with Crippen LogP contribution in [-0.4, -0.2) is 26.0 Å². The largest absolute Gasteiger partial charge is 0.493 e. The average Bonchev–Trinajstić information content (AvgIpc) is 3.46. The van der Waals surface area contributed by atoms with Gasteiger partial charge in [0.1, 0.15) is 0 Å². The Bertz CT molecular complexity index is 823. The molecule has 2 unspecified atom stereocenters.